The van der Waals surface area contributed by atoms with Crippen LogP contribution in [0.3, 0.4) is 0 Å². The van der Waals surface area contributed by atoms with Gasteiger partial charge in [-0.15, -0.1) is 0 Å². The number of rotatable bonds is 6. The van der Waals surface area contributed by atoms with Crippen molar-refractivity contribution in [3.8, 4) is 6.07 Å². The number of aryl methyl sites for hydroxylation is 1. The third-order valence-electron chi connectivity index (χ3n) is 3.78. The van der Waals surface area contributed by atoms with Crippen LogP contribution in [0.4, 0.5) is 0 Å². The van der Waals surface area contributed by atoms with E-state index in [1.807, 2.05) is 55.5 Å². The molecule has 0 saturated carbocycles. The van der Waals surface area contributed by atoms with Crippen LogP contribution in [-0.2, 0) is 17.6 Å². The molecule has 2 aromatic carbocycles. The van der Waals surface area contributed by atoms with E-state index in [4.69, 9.17) is 5.26 Å². The molecule has 4 nitrogen and oxygen atoms in total. The number of nitrogens with zero attached hydrogens (tertiary/aromatic N) is 1. The first-order valence-electron chi connectivity index (χ1n) is 7.56. The van der Waals surface area contributed by atoms with E-state index in [1.165, 1.54) is 0 Å². The van der Waals surface area contributed by atoms with Gasteiger partial charge in [0.25, 0.3) is 0 Å². The Morgan fingerprint density at radius 3 is 2.52 bits per heavy atom. The third-order valence-corrected chi connectivity index (χ3v) is 3.78. The lowest BCUT2D eigenvalue weighted by atomic mass is 10.0. The Hall–Kier alpha value is -2.64. The number of nitriles is 1. The van der Waals surface area contributed by atoms with Crippen LogP contribution in [0.5, 0.6) is 0 Å². The average Bonchev–Trinajstić information content (AvgIpc) is 2.55. The van der Waals surface area contributed by atoms with Crippen molar-refractivity contribution >= 4 is 5.91 Å². The highest BCUT2D eigenvalue weighted by Crippen LogP contribution is 2.16. The lowest BCUT2D eigenvalue weighted by Crippen LogP contribution is -2.30. The van der Waals surface area contributed by atoms with Gasteiger partial charge in [-0.1, -0.05) is 48.5 Å². The number of nitrogens with one attached hydrogen (secondary N) is 1. The standard InChI is InChI=1S/C19H20N2O2/c1-14-6-2-5-9-17(14)18(22)13-21-19(23)12-16-8-4-3-7-15(16)10-11-20/h2-9,18,22H,10,12-13H2,1H3,(H,21,23). The zero-order chi connectivity index (χ0) is 16.7. The maximum atomic E-state index is 12.1. The molecule has 2 N–H and O–H groups in total. The number of hydrogen-bond acceptors (Lipinski definition) is 3. The monoisotopic (exact) mass is 308 g/mol. The van der Waals surface area contributed by atoms with E-state index in [2.05, 4.69) is 11.4 Å². The van der Waals surface area contributed by atoms with Crippen molar-refractivity contribution in [1.82, 2.24) is 5.32 Å². The molecule has 0 aliphatic rings. The van der Waals surface area contributed by atoms with Gasteiger partial charge in [0.15, 0.2) is 0 Å². The fraction of sp³-hybridized carbons (Fsp3) is 0.263. The summed E-state index contributed by atoms with van der Waals surface area (Å²) in [5, 5.41) is 21.8. The predicted molar refractivity (Wildman–Crippen MR) is 88.6 cm³/mol. The van der Waals surface area contributed by atoms with E-state index < -0.39 is 6.10 Å². The van der Waals surface area contributed by atoms with E-state index in [-0.39, 0.29) is 25.3 Å². The number of carbonyl (C=O) groups excluding carboxylic acids is 1. The number of aliphatic hydroxyl groups excluding tert-OH is 1. The van der Waals surface area contributed by atoms with Gasteiger partial charge in [-0.05, 0) is 29.2 Å². The minimum atomic E-state index is -0.727. The summed E-state index contributed by atoms with van der Waals surface area (Å²) in [5.74, 6) is -0.164. The predicted octanol–water partition coefficient (Wildman–Crippen LogP) is 2.45. The second kappa shape index (κ2) is 8.11. The summed E-state index contributed by atoms with van der Waals surface area (Å²) >= 11 is 0. The molecule has 1 unspecified atom stereocenters. The fourth-order valence-corrected chi connectivity index (χ4v) is 2.50. The maximum Gasteiger partial charge on any atom is 0.224 e. The highest BCUT2D eigenvalue weighted by Gasteiger charge is 2.12. The van der Waals surface area contributed by atoms with Gasteiger partial charge in [-0.3, -0.25) is 4.79 Å². The Morgan fingerprint density at radius 2 is 1.83 bits per heavy atom. The smallest absolute Gasteiger partial charge is 0.224 e. The number of aliphatic hydroxyl groups is 1. The first-order valence-corrected chi connectivity index (χ1v) is 7.56. The van der Waals surface area contributed by atoms with E-state index in [1.54, 1.807) is 0 Å². The molecule has 118 valence electrons. The molecule has 1 atom stereocenters. The molecule has 23 heavy (non-hydrogen) atoms. The fourth-order valence-electron chi connectivity index (χ4n) is 2.50. The zero-order valence-corrected chi connectivity index (χ0v) is 13.1. The quantitative estimate of drug-likeness (QED) is 0.861. The van der Waals surface area contributed by atoms with E-state index in [0.717, 1.165) is 22.3 Å². The summed E-state index contributed by atoms with van der Waals surface area (Å²) in [7, 11) is 0. The van der Waals surface area contributed by atoms with Crippen molar-refractivity contribution < 1.29 is 9.90 Å². The molecular formula is C19H20N2O2. The van der Waals surface area contributed by atoms with Crippen molar-refractivity contribution in [1.29, 1.82) is 5.26 Å². The average molecular weight is 308 g/mol. The highest BCUT2D eigenvalue weighted by molar-refractivity contribution is 5.79. The topological polar surface area (TPSA) is 73.1 Å². The summed E-state index contributed by atoms with van der Waals surface area (Å²) in [4.78, 5) is 12.1. The summed E-state index contributed by atoms with van der Waals surface area (Å²) < 4.78 is 0. The number of hydrogen-bond donors (Lipinski definition) is 2. The Labute approximate surface area is 136 Å². The second-order valence-electron chi connectivity index (χ2n) is 5.46. The normalized spacial score (nSPS) is 11.5. The lowest BCUT2D eigenvalue weighted by molar-refractivity contribution is -0.120. The van der Waals surface area contributed by atoms with Crippen LogP contribution in [0, 0.1) is 18.3 Å². The van der Waals surface area contributed by atoms with E-state index in [0.29, 0.717) is 0 Å². The minimum Gasteiger partial charge on any atom is -0.387 e. The summed E-state index contributed by atoms with van der Waals surface area (Å²) in [6, 6.07) is 17.1. The van der Waals surface area contributed by atoms with Gasteiger partial charge in [-0.25, -0.2) is 0 Å². The summed E-state index contributed by atoms with van der Waals surface area (Å²) in [6.07, 6.45) is -0.234. The molecule has 0 saturated heterocycles. The van der Waals surface area contributed by atoms with Gasteiger partial charge in [-0.2, -0.15) is 5.26 Å². The largest absolute Gasteiger partial charge is 0.387 e. The molecule has 0 radical (unpaired) electrons. The van der Waals surface area contributed by atoms with Crippen LogP contribution in [0.25, 0.3) is 0 Å². The Morgan fingerprint density at radius 1 is 1.17 bits per heavy atom. The molecule has 2 aromatic rings. The number of amides is 1. The Balaban J connectivity index is 1.93. The molecule has 0 aliphatic heterocycles. The van der Waals surface area contributed by atoms with Crippen molar-refractivity contribution in [2.24, 2.45) is 0 Å². The van der Waals surface area contributed by atoms with Crippen LogP contribution in [0.15, 0.2) is 48.5 Å². The molecule has 0 fully saturated rings. The van der Waals surface area contributed by atoms with Crippen molar-refractivity contribution in [3.05, 3.63) is 70.8 Å². The second-order valence-corrected chi connectivity index (χ2v) is 5.46. The Bertz CT molecular complexity index is 719. The first-order chi connectivity index (χ1) is 11.1. The third kappa shape index (κ3) is 4.67. The van der Waals surface area contributed by atoms with Crippen LogP contribution in [-0.4, -0.2) is 17.6 Å². The van der Waals surface area contributed by atoms with Gasteiger partial charge in [0.2, 0.25) is 5.91 Å². The summed E-state index contributed by atoms with van der Waals surface area (Å²) in [6.45, 7) is 2.10. The maximum absolute atomic E-state index is 12.1. The summed E-state index contributed by atoms with van der Waals surface area (Å²) in [5.41, 5.74) is 3.52. The molecule has 1 amide bonds. The van der Waals surface area contributed by atoms with Gasteiger partial charge >= 0.3 is 0 Å². The van der Waals surface area contributed by atoms with Crippen LogP contribution in [0.2, 0.25) is 0 Å². The molecule has 0 aliphatic carbocycles. The van der Waals surface area contributed by atoms with Crippen LogP contribution < -0.4 is 5.32 Å². The van der Waals surface area contributed by atoms with Crippen LogP contribution in [0.1, 0.15) is 28.4 Å². The van der Waals surface area contributed by atoms with E-state index in [9.17, 15) is 9.90 Å². The molecule has 0 heterocycles. The van der Waals surface area contributed by atoms with Gasteiger partial charge < -0.3 is 10.4 Å². The number of benzene rings is 2. The molecule has 4 heteroatoms. The minimum absolute atomic E-state index is 0.164. The SMILES string of the molecule is Cc1ccccc1C(O)CNC(=O)Cc1ccccc1CC#N. The van der Waals surface area contributed by atoms with Crippen LogP contribution >= 0.6 is 0 Å². The van der Waals surface area contributed by atoms with Crippen molar-refractivity contribution in [2.75, 3.05) is 6.54 Å². The number of carbonyl (C=O) groups is 1. The lowest BCUT2D eigenvalue weighted by Gasteiger charge is -2.15. The van der Waals surface area contributed by atoms with Crippen molar-refractivity contribution in [3.63, 3.8) is 0 Å². The first kappa shape index (κ1) is 16.7. The van der Waals surface area contributed by atoms with Gasteiger partial charge in [0.05, 0.1) is 25.0 Å². The van der Waals surface area contributed by atoms with E-state index >= 15 is 0 Å². The highest BCUT2D eigenvalue weighted by atomic mass is 16.3. The molecule has 0 bridgehead atoms. The molecule has 0 aromatic heterocycles. The molecular weight excluding hydrogens is 288 g/mol. The van der Waals surface area contributed by atoms with Crippen molar-refractivity contribution in [2.45, 2.75) is 25.9 Å². The van der Waals surface area contributed by atoms with Gasteiger partial charge in [0.1, 0.15) is 0 Å². The van der Waals surface area contributed by atoms with Gasteiger partial charge in [0, 0.05) is 6.54 Å². The zero-order valence-electron chi connectivity index (χ0n) is 13.1. The molecule has 2 rings (SSSR count). The molecule has 0 spiro atoms. The Kier molecular flexibility index (Phi) is 5.90.